The molecule has 2 N–H and O–H groups in total. The Labute approximate surface area is 155 Å². The number of halogens is 2. The van der Waals surface area contributed by atoms with Crippen LogP contribution in [0.15, 0.2) is 45.9 Å². The summed E-state index contributed by atoms with van der Waals surface area (Å²) in [4.78, 5) is 12.2. The SMILES string of the molecule is CC(C)(C)NS(=O)(=O)c1ccc(C(=O)NCc2ccccc2OC(F)F)o1. The van der Waals surface area contributed by atoms with Gasteiger partial charge in [0.1, 0.15) is 5.75 Å². The Morgan fingerprint density at radius 2 is 1.85 bits per heavy atom. The highest BCUT2D eigenvalue weighted by atomic mass is 32.2. The molecule has 1 aromatic carbocycles. The maximum Gasteiger partial charge on any atom is 0.387 e. The van der Waals surface area contributed by atoms with Crippen molar-refractivity contribution in [3.8, 4) is 5.75 Å². The maximum absolute atomic E-state index is 12.4. The second-order valence-electron chi connectivity index (χ2n) is 6.64. The molecule has 1 aromatic heterocycles. The van der Waals surface area contributed by atoms with Gasteiger partial charge in [0.2, 0.25) is 5.09 Å². The van der Waals surface area contributed by atoms with Gasteiger partial charge in [0.15, 0.2) is 5.76 Å². The fourth-order valence-electron chi connectivity index (χ4n) is 2.16. The number of ether oxygens (including phenoxy) is 1. The molecule has 0 bridgehead atoms. The topological polar surface area (TPSA) is 97.6 Å². The van der Waals surface area contributed by atoms with E-state index in [9.17, 15) is 22.0 Å². The number of furan rings is 1. The number of carbonyl (C=O) groups excluding carboxylic acids is 1. The first-order valence-electron chi connectivity index (χ1n) is 7.93. The molecule has 7 nitrogen and oxygen atoms in total. The van der Waals surface area contributed by atoms with Crippen molar-refractivity contribution in [2.45, 2.75) is 44.6 Å². The summed E-state index contributed by atoms with van der Waals surface area (Å²) in [5.74, 6) is -0.986. The van der Waals surface area contributed by atoms with E-state index < -0.39 is 33.2 Å². The minimum Gasteiger partial charge on any atom is -0.438 e. The number of para-hydroxylation sites is 1. The van der Waals surface area contributed by atoms with Crippen LogP contribution in [0.3, 0.4) is 0 Å². The zero-order valence-corrected chi connectivity index (χ0v) is 15.8. The van der Waals surface area contributed by atoms with Crippen LogP contribution in [-0.4, -0.2) is 26.5 Å². The van der Waals surface area contributed by atoms with Crippen molar-refractivity contribution in [3.05, 3.63) is 47.7 Å². The highest BCUT2D eigenvalue weighted by Crippen LogP contribution is 2.21. The average molecular weight is 402 g/mol. The number of hydrogen-bond acceptors (Lipinski definition) is 5. The van der Waals surface area contributed by atoms with Crippen LogP contribution in [-0.2, 0) is 16.6 Å². The van der Waals surface area contributed by atoms with Gasteiger partial charge in [0, 0.05) is 17.6 Å². The number of nitrogens with one attached hydrogen (secondary N) is 2. The zero-order valence-electron chi connectivity index (χ0n) is 15.0. The molecule has 0 saturated carbocycles. The van der Waals surface area contributed by atoms with Gasteiger partial charge in [0.05, 0.1) is 0 Å². The summed E-state index contributed by atoms with van der Waals surface area (Å²) >= 11 is 0. The smallest absolute Gasteiger partial charge is 0.387 e. The normalized spacial score (nSPS) is 12.2. The van der Waals surface area contributed by atoms with Crippen LogP contribution >= 0.6 is 0 Å². The van der Waals surface area contributed by atoms with Crippen molar-refractivity contribution in [3.63, 3.8) is 0 Å². The van der Waals surface area contributed by atoms with E-state index >= 15 is 0 Å². The summed E-state index contributed by atoms with van der Waals surface area (Å²) in [5.41, 5.74) is -0.386. The average Bonchev–Trinajstić information content (AvgIpc) is 3.02. The minimum atomic E-state index is -3.92. The van der Waals surface area contributed by atoms with E-state index in [1.165, 1.54) is 24.3 Å². The molecule has 0 spiro atoms. The van der Waals surface area contributed by atoms with Gasteiger partial charge in [-0.05, 0) is 39.0 Å². The summed E-state index contributed by atoms with van der Waals surface area (Å²) in [7, 11) is -3.92. The monoisotopic (exact) mass is 402 g/mol. The van der Waals surface area contributed by atoms with Crippen LogP contribution in [0.2, 0.25) is 0 Å². The van der Waals surface area contributed by atoms with Crippen LogP contribution in [0, 0.1) is 0 Å². The van der Waals surface area contributed by atoms with Gasteiger partial charge in [-0.25, -0.2) is 13.1 Å². The lowest BCUT2D eigenvalue weighted by atomic mass is 10.1. The molecule has 1 amide bonds. The quantitative estimate of drug-likeness (QED) is 0.742. The number of carbonyl (C=O) groups is 1. The highest BCUT2D eigenvalue weighted by molar-refractivity contribution is 7.89. The number of sulfonamides is 1. The summed E-state index contributed by atoms with van der Waals surface area (Å²) in [5, 5.41) is 2.07. The lowest BCUT2D eigenvalue weighted by Gasteiger charge is -2.18. The molecular formula is C17H20F2N2O5S. The van der Waals surface area contributed by atoms with E-state index in [0.717, 1.165) is 6.07 Å². The summed E-state index contributed by atoms with van der Waals surface area (Å²) in [6.45, 7) is 1.90. The Morgan fingerprint density at radius 3 is 2.48 bits per heavy atom. The van der Waals surface area contributed by atoms with Crippen molar-refractivity contribution in [2.24, 2.45) is 0 Å². The van der Waals surface area contributed by atoms with Gasteiger partial charge in [-0.3, -0.25) is 4.79 Å². The lowest BCUT2D eigenvalue weighted by molar-refractivity contribution is -0.0504. The predicted octanol–water partition coefficient (Wildman–Crippen LogP) is 2.89. The Morgan fingerprint density at radius 1 is 1.19 bits per heavy atom. The van der Waals surface area contributed by atoms with E-state index in [2.05, 4.69) is 14.8 Å². The van der Waals surface area contributed by atoms with Crippen molar-refractivity contribution in [2.75, 3.05) is 0 Å². The molecule has 148 valence electrons. The van der Waals surface area contributed by atoms with Crippen molar-refractivity contribution >= 4 is 15.9 Å². The van der Waals surface area contributed by atoms with Crippen LogP contribution < -0.4 is 14.8 Å². The molecule has 0 unspecified atom stereocenters. The third-order valence-electron chi connectivity index (χ3n) is 3.14. The molecule has 0 saturated heterocycles. The Kier molecular flexibility index (Phi) is 6.22. The van der Waals surface area contributed by atoms with Crippen molar-refractivity contribution in [1.29, 1.82) is 0 Å². The Balaban J connectivity index is 2.07. The van der Waals surface area contributed by atoms with E-state index in [0.29, 0.717) is 5.56 Å². The summed E-state index contributed by atoms with van der Waals surface area (Å²) < 4.78 is 61.1. The number of amides is 1. The Bertz CT molecular complexity index is 904. The highest BCUT2D eigenvalue weighted by Gasteiger charge is 2.26. The molecule has 0 aliphatic carbocycles. The largest absolute Gasteiger partial charge is 0.438 e. The fraction of sp³-hybridized carbons (Fsp3) is 0.353. The first-order chi connectivity index (χ1) is 12.5. The predicted molar refractivity (Wildman–Crippen MR) is 93.0 cm³/mol. The van der Waals surface area contributed by atoms with E-state index in [-0.39, 0.29) is 18.1 Å². The van der Waals surface area contributed by atoms with E-state index in [1.54, 1.807) is 26.8 Å². The molecule has 2 rings (SSSR count). The molecule has 27 heavy (non-hydrogen) atoms. The molecule has 0 radical (unpaired) electrons. The van der Waals surface area contributed by atoms with Gasteiger partial charge in [-0.15, -0.1) is 0 Å². The number of hydrogen-bond donors (Lipinski definition) is 2. The van der Waals surface area contributed by atoms with E-state index in [4.69, 9.17) is 4.42 Å². The Hall–Kier alpha value is -2.46. The number of benzene rings is 1. The number of rotatable bonds is 7. The van der Waals surface area contributed by atoms with Gasteiger partial charge in [-0.2, -0.15) is 8.78 Å². The van der Waals surface area contributed by atoms with Gasteiger partial charge in [-0.1, -0.05) is 18.2 Å². The standard InChI is InChI=1S/C17H20F2N2O5S/c1-17(2,3)21-27(23,24)14-9-8-13(25-14)15(22)20-10-11-6-4-5-7-12(11)26-16(18)19/h4-9,16,21H,10H2,1-3H3,(H,20,22). The molecule has 0 aliphatic heterocycles. The van der Waals surface area contributed by atoms with Gasteiger partial charge >= 0.3 is 6.61 Å². The van der Waals surface area contributed by atoms with Gasteiger partial charge < -0.3 is 14.5 Å². The molecule has 2 aromatic rings. The van der Waals surface area contributed by atoms with Gasteiger partial charge in [0.25, 0.3) is 15.9 Å². The first-order valence-corrected chi connectivity index (χ1v) is 9.41. The first kappa shape index (κ1) is 20.8. The molecule has 0 atom stereocenters. The van der Waals surface area contributed by atoms with E-state index in [1.807, 2.05) is 0 Å². The summed E-state index contributed by atoms with van der Waals surface area (Å²) in [6.07, 6.45) is 0. The van der Waals surface area contributed by atoms with Crippen LogP contribution in [0.25, 0.3) is 0 Å². The third-order valence-corrected chi connectivity index (χ3v) is 4.77. The van der Waals surface area contributed by atoms with Crippen LogP contribution in [0.4, 0.5) is 8.78 Å². The molecule has 0 fully saturated rings. The zero-order chi connectivity index (χ0) is 20.2. The second kappa shape index (κ2) is 8.05. The molecule has 10 heteroatoms. The third kappa shape index (κ3) is 6.04. The number of alkyl halides is 2. The lowest BCUT2D eigenvalue weighted by Crippen LogP contribution is -2.40. The second-order valence-corrected chi connectivity index (χ2v) is 8.26. The van der Waals surface area contributed by atoms with Crippen LogP contribution in [0.1, 0.15) is 36.9 Å². The fourth-order valence-corrected chi connectivity index (χ4v) is 3.52. The molecule has 0 aliphatic rings. The molecule has 1 heterocycles. The van der Waals surface area contributed by atoms with Crippen molar-refractivity contribution < 1.29 is 31.1 Å². The van der Waals surface area contributed by atoms with Crippen molar-refractivity contribution in [1.82, 2.24) is 10.0 Å². The molecular weight excluding hydrogens is 382 g/mol. The maximum atomic E-state index is 12.4. The van der Waals surface area contributed by atoms with Crippen LogP contribution in [0.5, 0.6) is 5.75 Å². The summed E-state index contributed by atoms with van der Waals surface area (Å²) in [6, 6.07) is 8.38. The minimum absolute atomic E-state index is 0.0649.